The van der Waals surface area contributed by atoms with Crippen LogP contribution in [0.3, 0.4) is 0 Å². The number of fused-ring (bicyclic) bond motifs is 1. The van der Waals surface area contributed by atoms with E-state index in [1.807, 2.05) is 12.1 Å². The number of aryl methyl sites for hydroxylation is 1. The molecule has 20 heavy (non-hydrogen) atoms. The van der Waals surface area contributed by atoms with Crippen molar-refractivity contribution in [1.29, 1.82) is 0 Å². The molecule has 1 N–H and O–H groups in total. The molecule has 2 nitrogen and oxygen atoms in total. The van der Waals surface area contributed by atoms with E-state index in [9.17, 15) is 0 Å². The van der Waals surface area contributed by atoms with Crippen LogP contribution in [-0.4, -0.2) is 7.11 Å². The maximum atomic E-state index is 5.29. The second-order valence-corrected chi connectivity index (χ2v) is 5.98. The minimum absolute atomic E-state index is 0.462. The fourth-order valence-corrected chi connectivity index (χ4v) is 3.20. The highest BCUT2D eigenvalue weighted by Gasteiger charge is 2.21. The van der Waals surface area contributed by atoms with Gasteiger partial charge in [0, 0.05) is 17.1 Å². The number of rotatable bonds is 4. The third-order valence-electron chi connectivity index (χ3n) is 3.92. The summed E-state index contributed by atoms with van der Waals surface area (Å²) in [7, 11) is 1.70. The first-order valence-corrected chi connectivity index (χ1v) is 7.71. The summed E-state index contributed by atoms with van der Waals surface area (Å²) in [5, 5.41) is 3.66. The van der Waals surface area contributed by atoms with Gasteiger partial charge in [0.25, 0.3) is 0 Å². The number of methoxy groups -OCH3 is 1. The molecule has 0 heterocycles. The van der Waals surface area contributed by atoms with Gasteiger partial charge in [0.1, 0.15) is 5.75 Å². The summed E-state index contributed by atoms with van der Waals surface area (Å²) < 4.78 is 6.41. The monoisotopic (exact) mass is 331 g/mol. The quantitative estimate of drug-likeness (QED) is 0.904. The van der Waals surface area contributed by atoms with Crippen molar-refractivity contribution < 1.29 is 4.74 Å². The SMILES string of the molecule is COc1ccc(Br)c(CNC2CCc3ccccc32)c1. The predicted octanol–water partition coefficient (Wildman–Crippen LogP) is 4.23. The average Bonchev–Trinajstić information content (AvgIpc) is 2.90. The molecule has 0 aromatic heterocycles. The van der Waals surface area contributed by atoms with Gasteiger partial charge in [-0.3, -0.25) is 0 Å². The van der Waals surface area contributed by atoms with Gasteiger partial charge in [0.2, 0.25) is 0 Å². The maximum Gasteiger partial charge on any atom is 0.119 e. The lowest BCUT2D eigenvalue weighted by Crippen LogP contribution is -2.18. The van der Waals surface area contributed by atoms with Gasteiger partial charge in [-0.05, 0) is 47.7 Å². The van der Waals surface area contributed by atoms with Gasteiger partial charge in [-0.25, -0.2) is 0 Å². The Balaban J connectivity index is 1.72. The van der Waals surface area contributed by atoms with Crippen molar-refractivity contribution in [2.24, 2.45) is 0 Å². The lowest BCUT2D eigenvalue weighted by Gasteiger charge is -2.15. The van der Waals surface area contributed by atoms with E-state index in [0.717, 1.165) is 16.8 Å². The summed E-state index contributed by atoms with van der Waals surface area (Å²) in [6.07, 6.45) is 2.36. The number of benzene rings is 2. The molecule has 0 amide bonds. The third kappa shape index (κ3) is 2.74. The Labute approximate surface area is 128 Å². The summed E-state index contributed by atoms with van der Waals surface area (Å²) in [6.45, 7) is 0.844. The first kappa shape index (κ1) is 13.7. The minimum Gasteiger partial charge on any atom is -0.497 e. The van der Waals surface area contributed by atoms with Gasteiger partial charge in [-0.15, -0.1) is 0 Å². The van der Waals surface area contributed by atoms with Crippen LogP contribution < -0.4 is 10.1 Å². The molecule has 0 saturated heterocycles. The Morgan fingerprint density at radius 3 is 2.95 bits per heavy atom. The van der Waals surface area contributed by atoms with Crippen LogP contribution in [0.2, 0.25) is 0 Å². The standard InChI is InChI=1S/C17H18BrNO/c1-20-14-7-8-16(18)13(10-14)11-19-17-9-6-12-4-2-3-5-15(12)17/h2-5,7-8,10,17,19H,6,9,11H2,1H3. The van der Waals surface area contributed by atoms with Crippen LogP contribution in [0.15, 0.2) is 46.9 Å². The highest BCUT2D eigenvalue weighted by molar-refractivity contribution is 9.10. The molecule has 1 unspecified atom stereocenters. The van der Waals surface area contributed by atoms with Gasteiger partial charge in [-0.1, -0.05) is 40.2 Å². The Kier molecular flexibility index (Phi) is 4.08. The van der Waals surface area contributed by atoms with Crippen LogP contribution in [0.25, 0.3) is 0 Å². The van der Waals surface area contributed by atoms with Gasteiger partial charge < -0.3 is 10.1 Å². The molecule has 0 fully saturated rings. The topological polar surface area (TPSA) is 21.3 Å². The molecule has 0 saturated carbocycles. The molecular weight excluding hydrogens is 314 g/mol. The first-order chi connectivity index (χ1) is 9.78. The van der Waals surface area contributed by atoms with Crippen LogP contribution in [0.4, 0.5) is 0 Å². The van der Waals surface area contributed by atoms with E-state index < -0.39 is 0 Å². The lowest BCUT2D eigenvalue weighted by molar-refractivity contribution is 0.413. The summed E-state index contributed by atoms with van der Waals surface area (Å²) in [6, 6.07) is 15.3. The van der Waals surface area contributed by atoms with Crippen molar-refractivity contribution >= 4 is 15.9 Å². The second kappa shape index (κ2) is 5.98. The summed E-state index contributed by atoms with van der Waals surface area (Å²) in [5.41, 5.74) is 4.16. The number of hydrogen-bond acceptors (Lipinski definition) is 2. The highest BCUT2D eigenvalue weighted by atomic mass is 79.9. The fourth-order valence-electron chi connectivity index (χ4n) is 2.82. The van der Waals surface area contributed by atoms with Crippen LogP contribution in [0.5, 0.6) is 5.75 Å². The molecule has 0 spiro atoms. The van der Waals surface area contributed by atoms with Crippen molar-refractivity contribution in [3.8, 4) is 5.75 Å². The zero-order valence-electron chi connectivity index (χ0n) is 11.5. The zero-order chi connectivity index (χ0) is 13.9. The number of halogens is 1. The Morgan fingerprint density at radius 2 is 2.10 bits per heavy atom. The molecule has 2 aromatic rings. The summed E-state index contributed by atoms with van der Waals surface area (Å²) >= 11 is 3.61. The van der Waals surface area contributed by atoms with E-state index in [0.29, 0.717) is 6.04 Å². The minimum atomic E-state index is 0.462. The van der Waals surface area contributed by atoms with Crippen molar-refractivity contribution in [3.63, 3.8) is 0 Å². The van der Waals surface area contributed by atoms with Crippen molar-refractivity contribution in [2.75, 3.05) is 7.11 Å². The van der Waals surface area contributed by atoms with Crippen LogP contribution >= 0.6 is 15.9 Å². The van der Waals surface area contributed by atoms with E-state index in [1.165, 1.54) is 29.5 Å². The predicted molar refractivity (Wildman–Crippen MR) is 85.0 cm³/mol. The molecule has 3 heteroatoms. The molecule has 0 bridgehead atoms. The molecule has 1 aliphatic rings. The molecule has 104 valence electrons. The van der Waals surface area contributed by atoms with Crippen LogP contribution in [-0.2, 0) is 13.0 Å². The second-order valence-electron chi connectivity index (χ2n) is 5.13. The summed E-state index contributed by atoms with van der Waals surface area (Å²) in [4.78, 5) is 0. The fraction of sp³-hybridized carbons (Fsp3) is 0.294. The first-order valence-electron chi connectivity index (χ1n) is 6.91. The molecule has 2 aromatic carbocycles. The van der Waals surface area contributed by atoms with Crippen molar-refractivity contribution in [3.05, 3.63) is 63.6 Å². The Hall–Kier alpha value is -1.32. The van der Waals surface area contributed by atoms with Crippen molar-refractivity contribution in [1.82, 2.24) is 5.32 Å². The zero-order valence-corrected chi connectivity index (χ0v) is 13.1. The van der Waals surface area contributed by atoms with E-state index >= 15 is 0 Å². The molecule has 1 aliphatic carbocycles. The lowest BCUT2D eigenvalue weighted by atomic mass is 10.1. The third-order valence-corrected chi connectivity index (χ3v) is 4.70. The molecule has 3 rings (SSSR count). The van der Waals surface area contributed by atoms with Gasteiger partial charge in [-0.2, -0.15) is 0 Å². The Bertz CT molecular complexity index is 612. The highest BCUT2D eigenvalue weighted by Crippen LogP contribution is 2.31. The molecule has 0 radical (unpaired) electrons. The van der Waals surface area contributed by atoms with E-state index in [2.05, 4.69) is 51.6 Å². The molecular formula is C17H18BrNO. The molecule has 1 atom stereocenters. The van der Waals surface area contributed by atoms with E-state index in [-0.39, 0.29) is 0 Å². The smallest absolute Gasteiger partial charge is 0.119 e. The summed E-state index contributed by atoms with van der Waals surface area (Å²) in [5.74, 6) is 0.900. The molecule has 0 aliphatic heterocycles. The number of nitrogens with one attached hydrogen (secondary N) is 1. The van der Waals surface area contributed by atoms with Crippen LogP contribution in [0.1, 0.15) is 29.2 Å². The Morgan fingerprint density at radius 1 is 1.25 bits per heavy atom. The van der Waals surface area contributed by atoms with Crippen molar-refractivity contribution in [2.45, 2.75) is 25.4 Å². The van der Waals surface area contributed by atoms with Crippen LogP contribution in [0, 0.1) is 0 Å². The maximum absolute atomic E-state index is 5.29. The van der Waals surface area contributed by atoms with E-state index in [4.69, 9.17) is 4.74 Å². The van der Waals surface area contributed by atoms with E-state index in [1.54, 1.807) is 7.11 Å². The van der Waals surface area contributed by atoms with Gasteiger partial charge in [0.05, 0.1) is 7.11 Å². The van der Waals surface area contributed by atoms with Gasteiger partial charge in [0.15, 0.2) is 0 Å². The number of hydrogen-bond donors (Lipinski definition) is 1. The largest absolute Gasteiger partial charge is 0.497 e. The number of ether oxygens (including phenoxy) is 1. The normalized spacial score (nSPS) is 17.0. The van der Waals surface area contributed by atoms with Gasteiger partial charge >= 0.3 is 0 Å². The average molecular weight is 332 g/mol.